The summed E-state index contributed by atoms with van der Waals surface area (Å²) in [5, 5.41) is 13.8. The van der Waals surface area contributed by atoms with Crippen LogP contribution in [-0.2, 0) is 18.4 Å². The molecular weight excluding hydrogens is 840 g/mol. The lowest BCUT2D eigenvalue weighted by molar-refractivity contribution is -0.870. The quantitative estimate of drug-likeness (QED) is 0.0243. The third kappa shape index (κ3) is 48.8. The molecule has 1 amide bonds. The minimum atomic E-state index is -4.36. The monoisotopic (exact) mass is 938 g/mol. The molecule has 0 fully saturated rings. The fourth-order valence-corrected chi connectivity index (χ4v) is 7.36. The molecule has 0 saturated carbocycles. The minimum absolute atomic E-state index is 0.0477. The second-order valence-corrected chi connectivity index (χ2v) is 19.6. The van der Waals surface area contributed by atoms with Crippen LogP contribution in [0.5, 0.6) is 0 Å². The van der Waals surface area contributed by atoms with E-state index in [1.165, 1.54) is 57.8 Å². The largest absolute Gasteiger partial charge is 0.472 e. The van der Waals surface area contributed by atoms with Crippen LogP contribution in [-0.4, -0.2) is 73.4 Å². The summed E-state index contributed by atoms with van der Waals surface area (Å²) in [7, 11) is 1.53. The van der Waals surface area contributed by atoms with E-state index in [2.05, 4.69) is 129 Å². The van der Waals surface area contributed by atoms with Gasteiger partial charge in [-0.2, -0.15) is 0 Å². The number of likely N-dealkylation sites (N-methyl/N-ethyl adjacent to an activating group) is 1. The number of nitrogens with zero attached hydrogens (tertiary/aromatic N) is 1. The van der Waals surface area contributed by atoms with Gasteiger partial charge in [0, 0.05) is 6.42 Å². The van der Waals surface area contributed by atoms with Gasteiger partial charge in [-0.05, 0) is 89.9 Å². The fraction of sp³-hybridized carbons (Fsp3) is 0.632. The number of quaternary nitrogens is 1. The van der Waals surface area contributed by atoms with Crippen molar-refractivity contribution in [3.63, 3.8) is 0 Å². The molecule has 0 rings (SSSR count). The minimum Gasteiger partial charge on any atom is -0.387 e. The maximum absolute atomic E-state index is 12.9. The summed E-state index contributed by atoms with van der Waals surface area (Å²) in [6.07, 6.45) is 70.0. The van der Waals surface area contributed by atoms with Crippen LogP contribution in [0.15, 0.2) is 122 Å². The standard InChI is InChI=1S/C57H97N2O6P/c1-6-8-10-12-14-16-18-20-21-22-23-24-25-26-27-28-29-30-31-32-33-34-35-36-37-39-41-43-45-47-49-51-57(61)58-55(54-65-66(62,63)64-53-52-59(3,4)5)56(60)50-48-46-44-42-40-38-19-17-15-13-11-9-7-2/h8,10,14,16,20-21,23-24,26-27,29-30,32-33,35-36,39,41,48,50,55-56,60H,6-7,9,11-13,15,17-19,22,25,28,31,34,37-38,40,42-47,49,51-54H2,1-5H3,(H-,58,61,62,63)/p+1/b10-8-,16-14-,21-20-,24-23-,27-26-,30-29-,33-32-,36-35-,41-39-,50-48+. The Morgan fingerprint density at radius 3 is 1.33 bits per heavy atom. The number of nitrogens with one attached hydrogen (secondary N) is 1. The molecule has 0 bridgehead atoms. The molecule has 0 heterocycles. The van der Waals surface area contributed by atoms with E-state index in [0.717, 1.165) is 103 Å². The lowest BCUT2D eigenvalue weighted by atomic mass is 10.0. The van der Waals surface area contributed by atoms with Crippen molar-refractivity contribution in [1.82, 2.24) is 5.32 Å². The van der Waals surface area contributed by atoms with Crippen molar-refractivity contribution >= 4 is 13.7 Å². The van der Waals surface area contributed by atoms with Crippen molar-refractivity contribution in [2.75, 3.05) is 40.9 Å². The molecule has 0 radical (unpaired) electrons. The number of aliphatic hydroxyl groups is 1. The van der Waals surface area contributed by atoms with Gasteiger partial charge in [-0.15, -0.1) is 0 Å². The van der Waals surface area contributed by atoms with Crippen molar-refractivity contribution in [3.8, 4) is 0 Å². The van der Waals surface area contributed by atoms with Crippen LogP contribution in [0.3, 0.4) is 0 Å². The zero-order valence-electron chi connectivity index (χ0n) is 42.6. The summed E-state index contributed by atoms with van der Waals surface area (Å²) >= 11 is 0. The number of phosphoric ester groups is 1. The molecule has 9 heteroatoms. The van der Waals surface area contributed by atoms with E-state index < -0.39 is 20.0 Å². The lowest BCUT2D eigenvalue weighted by Gasteiger charge is -2.25. The topological polar surface area (TPSA) is 105 Å². The molecular formula is C57H98N2O6P+. The first-order chi connectivity index (χ1) is 32.0. The Kier molecular flexibility index (Phi) is 44.8. The SMILES string of the molecule is CC/C=C\C/C=C\C/C=C\C/C=C\C/C=C\C/C=C\C/C=C\C/C=C\C/C=C\CCCCCC(=O)NC(COP(=O)(O)OCC[N+](C)(C)C)C(O)/C=C/CCCCCCCCCCCCC. The number of carbonyl (C=O) groups excluding carboxylic acids is 1. The summed E-state index contributed by atoms with van der Waals surface area (Å²) < 4.78 is 23.6. The molecule has 3 unspecified atom stereocenters. The van der Waals surface area contributed by atoms with Crippen molar-refractivity contribution < 1.29 is 32.9 Å². The molecule has 0 aliphatic carbocycles. The zero-order valence-corrected chi connectivity index (χ0v) is 43.5. The highest BCUT2D eigenvalue weighted by Gasteiger charge is 2.27. The second kappa shape index (κ2) is 47.0. The highest BCUT2D eigenvalue weighted by molar-refractivity contribution is 7.47. The van der Waals surface area contributed by atoms with E-state index in [1.54, 1.807) is 6.08 Å². The average molecular weight is 938 g/mol. The van der Waals surface area contributed by atoms with Crippen molar-refractivity contribution in [1.29, 1.82) is 0 Å². The molecule has 3 atom stereocenters. The van der Waals surface area contributed by atoms with Crippen molar-refractivity contribution in [2.45, 2.75) is 193 Å². The number of unbranched alkanes of at least 4 members (excludes halogenated alkanes) is 14. The van der Waals surface area contributed by atoms with Crippen LogP contribution in [0.4, 0.5) is 0 Å². The van der Waals surface area contributed by atoms with Gasteiger partial charge in [0.15, 0.2) is 0 Å². The molecule has 8 nitrogen and oxygen atoms in total. The molecule has 0 spiro atoms. The van der Waals surface area contributed by atoms with Crippen LogP contribution >= 0.6 is 7.82 Å². The van der Waals surface area contributed by atoms with Crippen LogP contribution in [0, 0.1) is 0 Å². The highest BCUT2D eigenvalue weighted by atomic mass is 31.2. The fourth-order valence-electron chi connectivity index (χ4n) is 6.62. The van der Waals surface area contributed by atoms with Gasteiger partial charge in [-0.1, -0.05) is 206 Å². The summed E-state index contributed by atoms with van der Waals surface area (Å²) in [4.78, 5) is 23.2. The number of hydrogen-bond acceptors (Lipinski definition) is 5. The Hall–Kier alpha value is -3.10. The summed E-state index contributed by atoms with van der Waals surface area (Å²) in [6, 6.07) is -0.873. The number of phosphoric acid groups is 1. The van der Waals surface area contributed by atoms with Gasteiger partial charge in [-0.25, -0.2) is 4.57 Å². The highest BCUT2D eigenvalue weighted by Crippen LogP contribution is 2.43. The number of amides is 1. The Morgan fingerprint density at radius 2 is 0.909 bits per heavy atom. The van der Waals surface area contributed by atoms with Gasteiger partial charge >= 0.3 is 7.82 Å². The molecule has 66 heavy (non-hydrogen) atoms. The molecule has 0 aliphatic rings. The number of aliphatic hydroxyl groups excluding tert-OH is 1. The molecule has 0 aromatic rings. The van der Waals surface area contributed by atoms with Gasteiger partial charge < -0.3 is 19.8 Å². The van der Waals surface area contributed by atoms with E-state index in [0.29, 0.717) is 17.4 Å². The normalized spacial score (nSPS) is 15.1. The van der Waals surface area contributed by atoms with E-state index in [4.69, 9.17) is 9.05 Å². The van der Waals surface area contributed by atoms with Gasteiger partial charge in [0.1, 0.15) is 13.2 Å². The van der Waals surface area contributed by atoms with Gasteiger partial charge in [0.25, 0.3) is 0 Å². The summed E-state index contributed by atoms with van der Waals surface area (Å²) in [5.41, 5.74) is 0. The third-order valence-corrected chi connectivity index (χ3v) is 11.7. The van der Waals surface area contributed by atoms with E-state index in [1.807, 2.05) is 27.2 Å². The maximum atomic E-state index is 12.9. The molecule has 3 N–H and O–H groups in total. The van der Waals surface area contributed by atoms with Crippen LogP contribution in [0.25, 0.3) is 0 Å². The maximum Gasteiger partial charge on any atom is 0.472 e. The number of allylic oxidation sites excluding steroid dienone is 19. The first-order valence-electron chi connectivity index (χ1n) is 25.9. The Bertz CT molecular complexity index is 1480. The van der Waals surface area contributed by atoms with Gasteiger partial charge in [0.05, 0.1) is 39.9 Å². The molecule has 376 valence electrons. The zero-order chi connectivity index (χ0) is 48.5. The van der Waals surface area contributed by atoms with E-state index >= 15 is 0 Å². The lowest BCUT2D eigenvalue weighted by Crippen LogP contribution is -2.45. The Morgan fingerprint density at radius 1 is 0.530 bits per heavy atom. The molecule has 0 aromatic carbocycles. The summed E-state index contributed by atoms with van der Waals surface area (Å²) in [5.74, 6) is -0.216. The Labute approximate surface area is 405 Å². The second-order valence-electron chi connectivity index (χ2n) is 18.2. The number of carbonyl (C=O) groups is 1. The third-order valence-electron chi connectivity index (χ3n) is 10.7. The number of hydrogen-bond donors (Lipinski definition) is 3. The number of rotatable bonds is 45. The average Bonchev–Trinajstić information content (AvgIpc) is 3.28. The molecule has 0 aromatic heterocycles. The van der Waals surface area contributed by atoms with Crippen LogP contribution in [0.1, 0.15) is 181 Å². The summed E-state index contributed by atoms with van der Waals surface area (Å²) in [6.45, 7) is 4.64. The van der Waals surface area contributed by atoms with E-state index in [-0.39, 0.29) is 19.1 Å². The first kappa shape index (κ1) is 62.9. The molecule has 0 saturated heterocycles. The predicted octanol–water partition coefficient (Wildman–Crippen LogP) is 15.4. The van der Waals surface area contributed by atoms with Gasteiger partial charge in [0.2, 0.25) is 5.91 Å². The van der Waals surface area contributed by atoms with Crippen LogP contribution in [0.2, 0.25) is 0 Å². The first-order valence-corrected chi connectivity index (χ1v) is 27.4. The van der Waals surface area contributed by atoms with Gasteiger partial charge in [-0.3, -0.25) is 13.8 Å². The van der Waals surface area contributed by atoms with E-state index in [9.17, 15) is 19.4 Å². The smallest absolute Gasteiger partial charge is 0.387 e. The van der Waals surface area contributed by atoms with Crippen molar-refractivity contribution in [2.24, 2.45) is 0 Å². The Balaban J connectivity index is 4.34. The predicted molar refractivity (Wildman–Crippen MR) is 285 cm³/mol. The van der Waals surface area contributed by atoms with Crippen LogP contribution < -0.4 is 5.32 Å². The van der Waals surface area contributed by atoms with Crippen molar-refractivity contribution in [3.05, 3.63) is 122 Å². The molecule has 0 aliphatic heterocycles.